The Kier molecular flexibility index (Phi) is 10.4. The van der Waals surface area contributed by atoms with E-state index in [0.29, 0.717) is 30.6 Å². The van der Waals surface area contributed by atoms with Crippen LogP contribution in [0, 0.1) is 12.8 Å². The molecule has 2 fully saturated rings. The van der Waals surface area contributed by atoms with Crippen molar-refractivity contribution in [3.8, 4) is 0 Å². The van der Waals surface area contributed by atoms with Gasteiger partial charge in [-0.25, -0.2) is 0 Å². The second-order valence-electron chi connectivity index (χ2n) is 12.2. The zero-order chi connectivity index (χ0) is 31.1. The Morgan fingerprint density at radius 1 is 0.955 bits per heavy atom. The van der Waals surface area contributed by atoms with Crippen molar-refractivity contribution in [1.82, 2.24) is 19.7 Å². The Labute approximate surface area is 258 Å². The summed E-state index contributed by atoms with van der Waals surface area (Å²) in [5.74, 6) is 0.258. The first kappa shape index (κ1) is 31.7. The number of piperidine rings is 2. The van der Waals surface area contributed by atoms with Crippen LogP contribution in [0.3, 0.4) is 0 Å². The van der Waals surface area contributed by atoms with Crippen LogP contribution >= 0.6 is 0 Å². The number of nitrogens with one attached hydrogen (secondary N) is 1. The van der Waals surface area contributed by atoms with Gasteiger partial charge < -0.3 is 20.0 Å². The SMILES string of the molecule is Cc1cc(Nc2ccc(CN(CC3CCN(C4CCN(C)CC4)CC3)C(=O)C=Cc3ccc(C(F)(F)F)cc3)cc2)ccn1. The number of amides is 1. The third-order valence-electron chi connectivity index (χ3n) is 8.81. The van der Waals surface area contributed by atoms with Crippen molar-refractivity contribution in [3.63, 3.8) is 0 Å². The zero-order valence-corrected chi connectivity index (χ0v) is 25.6. The van der Waals surface area contributed by atoms with Gasteiger partial charge in [0.2, 0.25) is 5.91 Å². The Bertz CT molecular complexity index is 1390. The number of anilines is 2. The van der Waals surface area contributed by atoms with Gasteiger partial charge in [0, 0.05) is 48.5 Å². The van der Waals surface area contributed by atoms with E-state index in [1.807, 2.05) is 48.2 Å². The van der Waals surface area contributed by atoms with E-state index in [4.69, 9.17) is 0 Å². The first-order chi connectivity index (χ1) is 21.1. The molecule has 3 heterocycles. The number of halogens is 3. The largest absolute Gasteiger partial charge is 0.416 e. The van der Waals surface area contributed by atoms with Gasteiger partial charge in [-0.05, 0) is 125 Å². The Hall–Kier alpha value is -3.69. The van der Waals surface area contributed by atoms with Crippen LogP contribution in [0.5, 0.6) is 0 Å². The lowest BCUT2D eigenvalue weighted by Gasteiger charge is -2.41. The molecule has 0 radical (unpaired) electrons. The van der Waals surface area contributed by atoms with Crippen molar-refractivity contribution in [3.05, 3.63) is 95.3 Å². The Morgan fingerprint density at radius 3 is 2.27 bits per heavy atom. The van der Waals surface area contributed by atoms with E-state index < -0.39 is 11.7 Å². The average Bonchev–Trinajstić information content (AvgIpc) is 3.01. The molecule has 9 heteroatoms. The first-order valence-electron chi connectivity index (χ1n) is 15.5. The van der Waals surface area contributed by atoms with Crippen molar-refractivity contribution < 1.29 is 18.0 Å². The third-order valence-corrected chi connectivity index (χ3v) is 8.81. The number of rotatable bonds is 9. The molecule has 0 spiro atoms. The number of nitrogens with zero attached hydrogens (tertiary/aromatic N) is 4. The molecule has 0 aliphatic carbocycles. The Morgan fingerprint density at radius 2 is 1.64 bits per heavy atom. The van der Waals surface area contributed by atoms with E-state index in [2.05, 4.69) is 27.1 Å². The number of hydrogen-bond donors (Lipinski definition) is 1. The third kappa shape index (κ3) is 8.92. The molecular formula is C35H42F3N5O. The lowest BCUT2D eigenvalue weighted by atomic mass is 9.93. The second-order valence-corrected chi connectivity index (χ2v) is 12.2. The van der Waals surface area contributed by atoms with Gasteiger partial charge >= 0.3 is 6.18 Å². The van der Waals surface area contributed by atoms with Gasteiger partial charge in [-0.3, -0.25) is 9.78 Å². The molecule has 1 N–H and O–H groups in total. The fraction of sp³-hybridized carbons (Fsp3) is 0.429. The van der Waals surface area contributed by atoms with Crippen molar-refractivity contribution in [2.24, 2.45) is 5.92 Å². The van der Waals surface area contributed by atoms with Crippen LogP contribution in [-0.4, -0.2) is 71.4 Å². The molecule has 3 aromatic rings. The summed E-state index contributed by atoms with van der Waals surface area (Å²) in [5.41, 5.74) is 3.71. The number of aryl methyl sites for hydroxylation is 1. The highest BCUT2D eigenvalue weighted by Gasteiger charge is 2.30. The van der Waals surface area contributed by atoms with Crippen molar-refractivity contribution in [2.45, 2.75) is 51.4 Å². The molecule has 0 atom stereocenters. The summed E-state index contributed by atoms with van der Waals surface area (Å²) in [4.78, 5) is 24.7. The predicted molar refractivity (Wildman–Crippen MR) is 169 cm³/mol. The van der Waals surface area contributed by atoms with Gasteiger partial charge in [0.15, 0.2) is 0 Å². The number of aromatic nitrogens is 1. The number of likely N-dealkylation sites (tertiary alicyclic amines) is 2. The molecule has 234 valence electrons. The smallest absolute Gasteiger partial charge is 0.355 e. The summed E-state index contributed by atoms with van der Waals surface area (Å²) in [6, 6.07) is 17.5. The topological polar surface area (TPSA) is 51.7 Å². The zero-order valence-electron chi connectivity index (χ0n) is 25.6. The molecule has 2 aliphatic heterocycles. The standard InChI is InChI=1S/C35H42F3N5O/c1-26-23-32(13-18-39-26)40-31-10-5-28(6-11-31)24-43(34(44)12-7-27-3-8-30(9-4-27)35(36,37)38)25-29-14-21-42(22-15-29)33-16-19-41(2)20-17-33/h3-13,18,23,29,33H,14-17,19-22,24-25H2,1-2H3,(H,39,40). The summed E-state index contributed by atoms with van der Waals surface area (Å²) in [6.45, 7) is 7.45. The normalized spacial score (nSPS) is 17.7. The Balaban J connectivity index is 1.24. The number of carbonyl (C=O) groups excluding carboxylic acids is 1. The molecule has 1 aromatic heterocycles. The monoisotopic (exact) mass is 605 g/mol. The highest BCUT2D eigenvalue weighted by molar-refractivity contribution is 5.91. The van der Waals surface area contributed by atoms with E-state index in [1.165, 1.54) is 31.1 Å². The highest BCUT2D eigenvalue weighted by atomic mass is 19.4. The maximum Gasteiger partial charge on any atom is 0.416 e. The molecule has 0 bridgehead atoms. The summed E-state index contributed by atoms with van der Waals surface area (Å²) in [5, 5.41) is 3.39. The van der Waals surface area contributed by atoms with Crippen LogP contribution in [-0.2, 0) is 17.5 Å². The van der Waals surface area contributed by atoms with Gasteiger partial charge in [-0.1, -0.05) is 24.3 Å². The minimum absolute atomic E-state index is 0.142. The number of pyridine rings is 1. The van der Waals surface area contributed by atoms with Crippen LogP contribution in [0.1, 0.15) is 48.1 Å². The molecule has 2 saturated heterocycles. The van der Waals surface area contributed by atoms with Gasteiger partial charge in [-0.15, -0.1) is 0 Å². The minimum Gasteiger partial charge on any atom is -0.355 e. The molecule has 5 rings (SSSR count). The minimum atomic E-state index is -4.39. The molecule has 2 aromatic carbocycles. The van der Waals surface area contributed by atoms with E-state index in [-0.39, 0.29) is 5.91 Å². The highest BCUT2D eigenvalue weighted by Crippen LogP contribution is 2.29. The van der Waals surface area contributed by atoms with E-state index >= 15 is 0 Å². The second kappa shape index (κ2) is 14.4. The molecule has 0 saturated carbocycles. The molecular weight excluding hydrogens is 563 g/mol. The quantitative estimate of drug-likeness (QED) is 0.266. The maximum atomic E-state index is 13.5. The van der Waals surface area contributed by atoms with Crippen molar-refractivity contribution in [1.29, 1.82) is 0 Å². The van der Waals surface area contributed by atoms with Crippen LogP contribution in [0.25, 0.3) is 6.08 Å². The number of benzene rings is 2. The van der Waals surface area contributed by atoms with Gasteiger partial charge in [-0.2, -0.15) is 13.2 Å². The average molecular weight is 606 g/mol. The summed E-state index contributed by atoms with van der Waals surface area (Å²) >= 11 is 0. The number of hydrogen-bond acceptors (Lipinski definition) is 5. The summed E-state index contributed by atoms with van der Waals surface area (Å²) in [7, 11) is 2.19. The van der Waals surface area contributed by atoms with Crippen LogP contribution in [0.2, 0.25) is 0 Å². The molecule has 0 unspecified atom stereocenters. The fourth-order valence-corrected chi connectivity index (χ4v) is 6.16. The lowest BCUT2D eigenvalue weighted by Crippen LogP contribution is -2.48. The van der Waals surface area contributed by atoms with Crippen LogP contribution in [0.15, 0.2) is 72.9 Å². The number of carbonyl (C=O) groups is 1. The molecule has 44 heavy (non-hydrogen) atoms. The van der Waals surface area contributed by atoms with Crippen molar-refractivity contribution in [2.75, 3.05) is 45.1 Å². The van der Waals surface area contributed by atoms with E-state index in [1.54, 1.807) is 12.3 Å². The van der Waals surface area contributed by atoms with Gasteiger partial charge in [0.1, 0.15) is 0 Å². The fourth-order valence-electron chi connectivity index (χ4n) is 6.16. The molecule has 2 aliphatic rings. The lowest BCUT2D eigenvalue weighted by molar-refractivity contribution is -0.137. The van der Waals surface area contributed by atoms with Crippen LogP contribution < -0.4 is 5.32 Å². The first-order valence-corrected chi connectivity index (χ1v) is 15.5. The predicted octanol–water partition coefficient (Wildman–Crippen LogP) is 7.00. The summed E-state index contributed by atoms with van der Waals surface area (Å²) < 4.78 is 38.9. The molecule has 6 nitrogen and oxygen atoms in total. The summed E-state index contributed by atoms with van der Waals surface area (Å²) in [6.07, 6.45) is 4.99. The van der Waals surface area contributed by atoms with E-state index in [9.17, 15) is 18.0 Å². The maximum absolute atomic E-state index is 13.5. The molecule has 1 amide bonds. The number of alkyl halides is 3. The van der Waals surface area contributed by atoms with E-state index in [0.717, 1.165) is 73.8 Å². The van der Waals surface area contributed by atoms with Gasteiger partial charge in [0.25, 0.3) is 0 Å². The van der Waals surface area contributed by atoms with Crippen LogP contribution in [0.4, 0.5) is 24.5 Å². The van der Waals surface area contributed by atoms with Crippen molar-refractivity contribution >= 4 is 23.4 Å². The van der Waals surface area contributed by atoms with Gasteiger partial charge in [0.05, 0.1) is 5.56 Å².